The first-order chi connectivity index (χ1) is 38.7. The lowest BCUT2D eigenvalue weighted by molar-refractivity contribution is -0.146. The summed E-state index contributed by atoms with van der Waals surface area (Å²) in [5, 5.41) is 0. The zero-order chi connectivity index (χ0) is 58.6. The van der Waals surface area contributed by atoms with E-state index in [0.29, 0.717) is 38.8 Å². The molecule has 12 nitrogen and oxygen atoms in total. The van der Waals surface area contributed by atoms with E-state index in [-0.39, 0.29) is 48.7 Å². The fourth-order valence-corrected chi connectivity index (χ4v) is 8.94. The normalized spacial score (nSPS) is 12.5. The predicted molar refractivity (Wildman–Crippen MR) is 323 cm³/mol. The molecule has 0 spiro atoms. The summed E-state index contributed by atoms with van der Waals surface area (Å²) in [5.41, 5.74) is 0.232. The number of rotatable bonds is 50. The summed E-state index contributed by atoms with van der Waals surface area (Å²) < 4.78 is 53.3. The molecule has 0 amide bonds. The Morgan fingerprint density at radius 1 is 0.450 bits per heavy atom. The molecule has 0 bridgehead atoms. The Hall–Kier alpha value is -5.80. The molecule has 0 unspecified atom stereocenters. The number of Topliss-reactive ketones (excluding diaryl/α,β-unsaturated/α-hetero) is 2. The minimum absolute atomic E-state index is 0.00892. The number of nitrogens with zero attached hydrogens (tertiary/aromatic N) is 4. The highest BCUT2D eigenvalue weighted by atomic mass is 19.1. The SMILES string of the molecule is C=CCN(C)C/C=C/COc1ccc(C(=O)C[C@H](CCCCCCCCCCN(C)CC=C)OC(=O)/C=C/C(=O)O[C@@H](CCCCCCCCCCN(C)CC=C)CC(=O)c2ccc(OC/C=C/CN(C)CC=C)c(F)c2)cc1F. The van der Waals surface area contributed by atoms with Crippen LogP contribution in [-0.4, -0.2) is 149 Å². The van der Waals surface area contributed by atoms with Gasteiger partial charge in [0, 0.05) is 75.4 Å². The number of benzene rings is 2. The Labute approximate surface area is 480 Å². The zero-order valence-electron chi connectivity index (χ0n) is 49.2. The maximum Gasteiger partial charge on any atom is 0.331 e. The lowest BCUT2D eigenvalue weighted by Gasteiger charge is -2.18. The molecular formula is C66H98F2N4O8. The van der Waals surface area contributed by atoms with Gasteiger partial charge < -0.3 is 28.7 Å². The van der Waals surface area contributed by atoms with Gasteiger partial charge in [0.1, 0.15) is 25.4 Å². The Morgan fingerprint density at radius 3 is 1.11 bits per heavy atom. The van der Waals surface area contributed by atoms with Crippen molar-refractivity contribution in [3.63, 3.8) is 0 Å². The lowest BCUT2D eigenvalue weighted by Crippen LogP contribution is -2.22. The molecule has 0 radical (unpaired) electrons. The topological polar surface area (TPSA) is 118 Å². The number of hydrogen-bond acceptors (Lipinski definition) is 12. The maximum atomic E-state index is 15.2. The van der Waals surface area contributed by atoms with Gasteiger partial charge in [0.2, 0.25) is 0 Å². The molecule has 0 aromatic heterocycles. The van der Waals surface area contributed by atoms with Crippen LogP contribution in [-0.2, 0) is 19.1 Å². The Bertz CT molecular complexity index is 2060. The van der Waals surface area contributed by atoms with Crippen molar-refractivity contribution >= 4 is 23.5 Å². The van der Waals surface area contributed by atoms with Crippen molar-refractivity contribution in [3.05, 3.63) is 146 Å². The Kier molecular flexibility index (Phi) is 39.4. The monoisotopic (exact) mass is 1110 g/mol. The summed E-state index contributed by atoms with van der Waals surface area (Å²) >= 11 is 0. The van der Waals surface area contributed by atoms with E-state index < -0.39 is 47.3 Å². The lowest BCUT2D eigenvalue weighted by atomic mass is 10.00. The van der Waals surface area contributed by atoms with Crippen LogP contribution in [0.15, 0.2) is 123 Å². The molecule has 0 heterocycles. The third kappa shape index (κ3) is 34.4. The second kappa shape index (κ2) is 44.9. The Morgan fingerprint density at radius 2 is 0.775 bits per heavy atom. The van der Waals surface area contributed by atoms with Gasteiger partial charge >= 0.3 is 11.9 Å². The average molecular weight is 1110 g/mol. The van der Waals surface area contributed by atoms with Crippen LogP contribution in [0.3, 0.4) is 0 Å². The minimum Gasteiger partial charge on any atom is -0.486 e. The second-order valence-corrected chi connectivity index (χ2v) is 20.9. The quantitative estimate of drug-likeness (QED) is 0.0206. The highest BCUT2D eigenvalue weighted by Gasteiger charge is 2.23. The van der Waals surface area contributed by atoms with E-state index in [1.807, 2.05) is 60.4 Å². The van der Waals surface area contributed by atoms with Gasteiger partial charge in [-0.15, -0.1) is 26.3 Å². The van der Waals surface area contributed by atoms with Crippen molar-refractivity contribution in [2.24, 2.45) is 0 Å². The molecule has 0 N–H and O–H groups in total. The predicted octanol–water partition coefficient (Wildman–Crippen LogP) is 13.6. The molecule has 0 saturated carbocycles. The fraction of sp³-hybridized carbons (Fsp3) is 0.545. The number of likely N-dealkylation sites (N-methyl/N-ethyl adjacent to an activating group) is 4. The summed E-state index contributed by atoms with van der Waals surface area (Å²) in [6, 6.07) is 8.09. The maximum absolute atomic E-state index is 15.2. The van der Waals surface area contributed by atoms with Gasteiger partial charge in [-0.1, -0.05) is 126 Å². The summed E-state index contributed by atoms with van der Waals surface area (Å²) in [5.74, 6) is -3.86. The van der Waals surface area contributed by atoms with Gasteiger partial charge in [-0.25, -0.2) is 18.4 Å². The molecule has 2 rings (SSSR count). The standard InChI is InChI=1S/C66H98F2N4O8/c1-9-41-69(5)45-27-23-19-15-13-17-21-25-33-57(53-61(73)55-35-37-63(59(67)51-55)77-49-31-29-47-71(7)43-11-3)79-65(75)39-40-66(76)80-58(34-26-22-18-14-16-20-24-28-46-70(6)42-10-2)54-62(74)56-36-38-64(60(68)52-56)78-50-32-30-48-72(8)44-12-4/h9-12,29-32,35-40,51-52,57-58H,1-4,13-28,33-34,41-50,53-54H2,5-8H3/b31-29+,32-30+,40-39+/t57-,58-/m0/s1. The number of ketones is 2. The van der Waals surface area contributed by atoms with Crippen molar-refractivity contribution in [1.82, 2.24) is 19.6 Å². The van der Waals surface area contributed by atoms with Crippen LogP contribution in [0.1, 0.15) is 149 Å². The first-order valence-corrected chi connectivity index (χ1v) is 29.2. The first-order valence-electron chi connectivity index (χ1n) is 29.2. The largest absolute Gasteiger partial charge is 0.486 e. The summed E-state index contributed by atoms with van der Waals surface area (Å²) in [4.78, 5) is 62.6. The van der Waals surface area contributed by atoms with E-state index in [2.05, 4.69) is 50.2 Å². The van der Waals surface area contributed by atoms with Crippen molar-refractivity contribution < 1.29 is 46.9 Å². The number of unbranched alkanes of at least 4 members (excludes halogenated alkanes) is 14. The number of carbonyl (C=O) groups excluding carboxylic acids is 4. The molecule has 0 saturated heterocycles. The third-order valence-electron chi connectivity index (χ3n) is 13.5. The molecule has 444 valence electrons. The first kappa shape index (κ1) is 70.3. The number of halogens is 2. The van der Waals surface area contributed by atoms with Crippen LogP contribution >= 0.6 is 0 Å². The molecule has 14 heteroatoms. The fourth-order valence-electron chi connectivity index (χ4n) is 8.94. The number of carbonyl (C=O) groups is 4. The number of esters is 2. The zero-order valence-corrected chi connectivity index (χ0v) is 49.2. The number of hydrogen-bond donors (Lipinski definition) is 0. The van der Waals surface area contributed by atoms with Gasteiger partial charge in [-0.3, -0.25) is 19.4 Å². The summed E-state index contributed by atoms with van der Waals surface area (Å²) in [7, 11) is 8.10. The van der Waals surface area contributed by atoms with Crippen molar-refractivity contribution in [3.8, 4) is 11.5 Å². The molecule has 2 aromatic rings. The van der Waals surface area contributed by atoms with Crippen molar-refractivity contribution in [2.45, 2.75) is 141 Å². The second-order valence-electron chi connectivity index (χ2n) is 20.9. The molecule has 80 heavy (non-hydrogen) atoms. The van der Waals surface area contributed by atoms with E-state index in [4.69, 9.17) is 18.9 Å². The van der Waals surface area contributed by atoms with E-state index in [1.165, 1.54) is 24.3 Å². The van der Waals surface area contributed by atoms with Gasteiger partial charge in [0.15, 0.2) is 34.7 Å². The third-order valence-corrected chi connectivity index (χ3v) is 13.5. The molecule has 0 aliphatic carbocycles. The van der Waals surface area contributed by atoms with Gasteiger partial charge in [0.05, 0.1) is 0 Å². The molecular weight excluding hydrogens is 1010 g/mol. The highest BCUT2D eigenvalue weighted by molar-refractivity contribution is 5.98. The molecule has 0 fully saturated rings. The minimum atomic E-state index is -0.845. The molecule has 0 aliphatic heterocycles. The van der Waals surface area contributed by atoms with Gasteiger partial charge in [0.25, 0.3) is 0 Å². The molecule has 2 atom stereocenters. The van der Waals surface area contributed by atoms with Crippen LogP contribution in [0.2, 0.25) is 0 Å². The van der Waals surface area contributed by atoms with E-state index in [9.17, 15) is 19.2 Å². The summed E-state index contributed by atoms with van der Waals surface area (Å²) in [6.45, 7) is 22.0. The smallest absolute Gasteiger partial charge is 0.331 e. The van der Waals surface area contributed by atoms with Crippen LogP contribution in [0.5, 0.6) is 11.5 Å². The van der Waals surface area contributed by atoms with E-state index >= 15 is 8.78 Å². The van der Waals surface area contributed by atoms with Crippen LogP contribution in [0.4, 0.5) is 8.78 Å². The molecule has 0 aliphatic rings. The van der Waals surface area contributed by atoms with Crippen LogP contribution in [0, 0.1) is 11.6 Å². The molecule has 2 aromatic carbocycles. The van der Waals surface area contributed by atoms with Crippen molar-refractivity contribution in [2.75, 3.05) is 93.8 Å². The van der Waals surface area contributed by atoms with Gasteiger partial charge in [-0.2, -0.15) is 0 Å². The Balaban J connectivity index is 2.13. The van der Waals surface area contributed by atoms with E-state index in [1.54, 1.807) is 12.2 Å². The van der Waals surface area contributed by atoms with E-state index in [0.717, 1.165) is 153 Å². The van der Waals surface area contributed by atoms with Crippen LogP contribution in [0.25, 0.3) is 0 Å². The van der Waals surface area contributed by atoms with Gasteiger partial charge in [-0.05, 0) is 116 Å². The average Bonchev–Trinajstić information content (AvgIpc) is 3.42. The summed E-state index contributed by atoms with van der Waals surface area (Å²) in [6.07, 6.45) is 31.9. The highest BCUT2D eigenvalue weighted by Crippen LogP contribution is 2.24. The van der Waals surface area contributed by atoms with Crippen molar-refractivity contribution in [1.29, 1.82) is 0 Å². The number of ether oxygens (including phenoxy) is 4. The van der Waals surface area contributed by atoms with Crippen LogP contribution < -0.4 is 9.47 Å².